The van der Waals surface area contributed by atoms with Crippen molar-refractivity contribution in [2.45, 2.75) is 45.6 Å². The lowest BCUT2D eigenvalue weighted by Crippen LogP contribution is -2.47. The lowest BCUT2D eigenvalue weighted by molar-refractivity contribution is -0.0177. The zero-order valence-corrected chi connectivity index (χ0v) is 12.2. The van der Waals surface area contributed by atoms with Crippen LogP contribution in [0.15, 0.2) is 0 Å². The third-order valence-corrected chi connectivity index (χ3v) is 4.68. The van der Waals surface area contributed by atoms with E-state index in [1.165, 1.54) is 58.4 Å². The molecule has 2 atom stereocenters. The number of nitrogens with zero attached hydrogens (tertiary/aromatic N) is 2. The van der Waals surface area contributed by atoms with Gasteiger partial charge in [0.25, 0.3) is 0 Å². The second-order valence-corrected chi connectivity index (χ2v) is 5.95. The average Bonchev–Trinajstić information content (AvgIpc) is 2.42. The monoisotopic (exact) mass is 254 g/mol. The number of hydrogen-bond donors (Lipinski definition) is 0. The van der Waals surface area contributed by atoms with Crippen molar-refractivity contribution in [3.63, 3.8) is 0 Å². The predicted molar refractivity (Wildman–Crippen MR) is 75.9 cm³/mol. The number of ether oxygens (including phenoxy) is 1. The van der Waals surface area contributed by atoms with Crippen LogP contribution >= 0.6 is 0 Å². The van der Waals surface area contributed by atoms with Gasteiger partial charge in [0.1, 0.15) is 0 Å². The fourth-order valence-electron chi connectivity index (χ4n) is 3.19. The van der Waals surface area contributed by atoms with Crippen LogP contribution in [0.3, 0.4) is 0 Å². The molecule has 0 radical (unpaired) electrons. The minimum atomic E-state index is 0.538. The second-order valence-electron chi connectivity index (χ2n) is 5.95. The van der Waals surface area contributed by atoms with Crippen LogP contribution in [0.4, 0.5) is 0 Å². The SMILES string of the molecule is CCN1CCN(CCOC2CCCCC2C)CC1. The lowest BCUT2D eigenvalue weighted by Gasteiger charge is -2.35. The summed E-state index contributed by atoms with van der Waals surface area (Å²) in [5, 5.41) is 0. The van der Waals surface area contributed by atoms with Gasteiger partial charge in [0.2, 0.25) is 0 Å². The van der Waals surface area contributed by atoms with Gasteiger partial charge in [-0.3, -0.25) is 4.90 Å². The maximum absolute atomic E-state index is 6.10. The molecular formula is C15H30N2O. The summed E-state index contributed by atoms with van der Waals surface area (Å²) in [5.74, 6) is 0.774. The summed E-state index contributed by atoms with van der Waals surface area (Å²) in [5.41, 5.74) is 0. The Balaban J connectivity index is 1.58. The Morgan fingerprint density at radius 1 is 1.00 bits per heavy atom. The zero-order chi connectivity index (χ0) is 12.8. The Labute approximate surface area is 112 Å². The van der Waals surface area contributed by atoms with Crippen LogP contribution in [-0.4, -0.2) is 61.8 Å². The molecule has 0 aromatic carbocycles. The van der Waals surface area contributed by atoms with Crippen LogP contribution in [0.2, 0.25) is 0 Å². The largest absolute Gasteiger partial charge is 0.377 e. The molecule has 0 amide bonds. The molecule has 0 aromatic heterocycles. The molecular weight excluding hydrogens is 224 g/mol. The van der Waals surface area contributed by atoms with Gasteiger partial charge in [-0.25, -0.2) is 0 Å². The predicted octanol–water partition coefficient (Wildman–Crippen LogP) is 2.22. The van der Waals surface area contributed by atoms with E-state index in [0.717, 1.165) is 19.1 Å². The first-order chi connectivity index (χ1) is 8.79. The van der Waals surface area contributed by atoms with Crippen molar-refractivity contribution in [1.82, 2.24) is 9.80 Å². The standard InChI is InChI=1S/C15H30N2O/c1-3-16-8-10-17(11-9-16)12-13-18-15-7-5-4-6-14(15)2/h14-15H,3-13H2,1-2H3. The summed E-state index contributed by atoms with van der Waals surface area (Å²) in [6, 6.07) is 0. The van der Waals surface area contributed by atoms with E-state index >= 15 is 0 Å². The number of rotatable bonds is 5. The van der Waals surface area contributed by atoms with Gasteiger partial charge in [-0.2, -0.15) is 0 Å². The van der Waals surface area contributed by atoms with Crippen molar-refractivity contribution in [2.75, 3.05) is 45.9 Å². The Morgan fingerprint density at radius 3 is 2.33 bits per heavy atom. The molecule has 3 heteroatoms. The van der Waals surface area contributed by atoms with Crippen LogP contribution < -0.4 is 0 Å². The van der Waals surface area contributed by atoms with Gasteiger partial charge in [0, 0.05) is 32.7 Å². The summed E-state index contributed by atoms with van der Waals surface area (Å²) in [4.78, 5) is 5.08. The third kappa shape index (κ3) is 4.22. The molecule has 2 fully saturated rings. The number of likely N-dealkylation sites (N-methyl/N-ethyl adjacent to an activating group) is 1. The Bertz CT molecular complexity index is 227. The van der Waals surface area contributed by atoms with Crippen molar-refractivity contribution in [2.24, 2.45) is 5.92 Å². The molecule has 2 unspecified atom stereocenters. The van der Waals surface area contributed by atoms with E-state index in [1.54, 1.807) is 0 Å². The third-order valence-electron chi connectivity index (χ3n) is 4.68. The molecule has 0 bridgehead atoms. The van der Waals surface area contributed by atoms with Crippen LogP contribution in [0.5, 0.6) is 0 Å². The van der Waals surface area contributed by atoms with E-state index in [4.69, 9.17) is 4.74 Å². The van der Waals surface area contributed by atoms with Crippen molar-refractivity contribution in [3.8, 4) is 0 Å². The molecule has 1 aliphatic heterocycles. The van der Waals surface area contributed by atoms with E-state index in [1.807, 2.05) is 0 Å². The van der Waals surface area contributed by atoms with E-state index < -0.39 is 0 Å². The zero-order valence-electron chi connectivity index (χ0n) is 12.2. The summed E-state index contributed by atoms with van der Waals surface area (Å²) < 4.78 is 6.10. The average molecular weight is 254 g/mol. The molecule has 2 aliphatic rings. The lowest BCUT2D eigenvalue weighted by atomic mass is 9.88. The molecule has 0 spiro atoms. The first kappa shape index (κ1) is 14.3. The van der Waals surface area contributed by atoms with Gasteiger partial charge < -0.3 is 9.64 Å². The van der Waals surface area contributed by atoms with Crippen molar-refractivity contribution in [3.05, 3.63) is 0 Å². The van der Waals surface area contributed by atoms with Gasteiger partial charge >= 0.3 is 0 Å². The van der Waals surface area contributed by atoms with Gasteiger partial charge in [-0.05, 0) is 25.3 Å². The molecule has 0 N–H and O–H groups in total. The maximum atomic E-state index is 6.10. The number of piperazine rings is 1. The van der Waals surface area contributed by atoms with E-state index in [9.17, 15) is 0 Å². The van der Waals surface area contributed by atoms with Crippen molar-refractivity contribution >= 4 is 0 Å². The maximum Gasteiger partial charge on any atom is 0.0601 e. The van der Waals surface area contributed by atoms with E-state index in [2.05, 4.69) is 23.6 Å². The minimum absolute atomic E-state index is 0.538. The molecule has 3 nitrogen and oxygen atoms in total. The van der Waals surface area contributed by atoms with Crippen LogP contribution in [0.25, 0.3) is 0 Å². The molecule has 1 saturated heterocycles. The van der Waals surface area contributed by atoms with Crippen LogP contribution in [0.1, 0.15) is 39.5 Å². The van der Waals surface area contributed by atoms with Crippen molar-refractivity contribution in [1.29, 1.82) is 0 Å². The fraction of sp³-hybridized carbons (Fsp3) is 1.00. The first-order valence-electron chi connectivity index (χ1n) is 7.86. The van der Waals surface area contributed by atoms with Gasteiger partial charge in [-0.1, -0.05) is 26.7 Å². The van der Waals surface area contributed by atoms with Crippen molar-refractivity contribution < 1.29 is 4.74 Å². The highest BCUT2D eigenvalue weighted by molar-refractivity contribution is 4.74. The second kappa shape index (κ2) is 7.46. The molecule has 106 valence electrons. The van der Waals surface area contributed by atoms with Crippen LogP contribution in [0, 0.1) is 5.92 Å². The molecule has 1 saturated carbocycles. The highest BCUT2D eigenvalue weighted by Gasteiger charge is 2.22. The minimum Gasteiger partial charge on any atom is -0.377 e. The molecule has 0 aromatic rings. The highest BCUT2D eigenvalue weighted by atomic mass is 16.5. The van der Waals surface area contributed by atoms with Crippen LogP contribution in [-0.2, 0) is 4.74 Å². The Hall–Kier alpha value is -0.120. The Morgan fingerprint density at radius 2 is 1.67 bits per heavy atom. The topological polar surface area (TPSA) is 15.7 Å². The molecule has 2 rings (SSSR count). The normalized spacial score (nSPS) is 31.7. The summed E-state index contributed by atoms with van der Waals surface area (Å²) >= 11 is 0. The molecule has 1 aliphatic carbocycles. The Kier molecular flexibility index (Phi) is 5.93. The van der Waals surface area contributed by atoms with Gasteiger partial charge in [0.15, 0.2) is 0 Å². The van der Waals surface area contributed by atoms with E-state index in [0.29, 0.717) is 6.10 Å². The van der Waals surface area contributed by atoms with Gasteiger partial charge in [0.05, 0.1) is 12.7 Å². The summed E-state index contributed by atoms with van der Waals surface area (Å²) in [6.07, 6.45) is 5.95. The van der Waals surface area contributed by atoms with E-state index in [-0.39, 0.29) is 0 Å². The summed E-state index contributed by atoms with van der Waals surface area (Å²) in [6.45, 7) is 12.8. The fourth-order valence-corrected chi connectivity index (χ4v) is 3.19. The molecule has 1 heterocycles. The van der Waals surface area contributed by atoms with Gasteiger partial charge in [-0.15, -0.1) is 0 Å². The number of hydrogen-bond acceptors (Lipinski definition) is 3. The smallest absolute Gasteiger partial charge is 0.0601 e. The summed E-state index contributed by atoms with van der Waals surface area (Å²) in [7, 11) is 0. The highest BCUT2D eigenvalue weighted by Crippen LogP contribution is 2.26. The quantitative estimate of drug-likeness (QED) is 0.748. The first-order valence-corrected chi connectivity index (χ1v) is 7.86. The molecule has 18 heavy (non-hydrogen) atoms.